The number of aryl methyl sites for hydroxylation is 1. The van der Waals surface area contributed by atoms with Crippen LogP contribution in [0.3, 0.4) is 0 Å². The van der Waals surface area contributed by atoms with Gasteiger partial charge in [-0.2, -0.15) is 0 Å². The summed E-state index contributed by atoms with van der Waals surface area (Å²) in [7, 11) is 0. The third-order valence-corrected chi connectivity index (χ3v) is 3.71. The average molecular weight is 317 g/mol. The Bertz CT molecular complexity index is 761. The molecule has 0 spiro atoms. The van der Waals surface area contributed by atoms with E-state index in [-0.39, 0.29) is 0 Å². The molecule has 0 fully saturated rings. The van der Waals surface area contributed by atoms with Gasteiger partial charge in [-0.3, -0.25) is 9.59 Å². The van der Waals surface area contributed by atoms with E-state index in [1.807, 2.05) is 6.92 Å². The smallest absolute Gasteiger partial charge is 0.275 e. The molecule has 6 heteroatoms. The van der Waals surface area contributed by atoms with Crippen molar-refractivity contribution in [3.63, 3.8) is 0 Å². The van der Waals surface area contributed by atoms with Crippen LogP contribution in [0, 0.1) is 6.92 Å². The number of anilines is 2. The van der Waals surface area contributed by atoms with Crippen molar-refractivity contribution in [2.45, 2.75) is 13.0 Å². The Balaban J connectivity index is 1.78. The summed E-state index contributed by atoms with van der Waals surface area (Å²) in [6.45, 7) is 1.86. The molecule has 3 rings (SSSR count). The summed E-state index contributed by atoms with van der Waals surface area (Å²) in [6.07, 6.45) is -1.24. The highest BCUT2D eigenvalue weighted by molar-refractivity contribution is 6.31. The summed E-state index contributed by atoms with van der Waals surface area (Å²) in [5.74, 6) is -0.592. The zero-order chi connectivity index (χ0) is 15.7. The normalized spacial score (nSPS) is 16.3. The van der Waals surface area contributed by atoms with Crippen LogP contribution in [0.15, 0.2) is 42.5 Å². The number of benzene rings is 2. The van der Waals surface area contributed by atoms with Gasteiger partial charge < -0.3 is 15.4 Å². The minimum absolute atomic E-state index is 0.462. The zero-order valence-electron chi connectivity index (χ0n) is 11.7. The van der Waals surface area contributed by atoms with E-state index >= 15 is 0 Å². The lowest BCUT2D eigenvalue weighted by Crippen LogP contribution is -2.45. The minimum atomic E-state index is -1.24. The van der Waals surface area contributed by atoms with Gasteiger partial charge in [0.25, 0.3) is 17.9 Å². The standard InChI is InChI=1S/C16H13ClN2O3/c1-9-6-7-10(8-11(9)17)18-15(20)14-16(21)19-12-4-2-3-5-13(12)22-14/h2-8,14H,1H3,(H,18,20)(H,19,21)/t14-/m0/s1. The molecule has 0 unspecified atom stereocenters. The summed E-state index contributed by atoms with van der Waals surface area (Å²) in [4.78, 5) is 24.2. The molecule has 0 radical (unpaired) electrons. The molecule has 2 aromatic carbocycles. The van der Waals surface area contributed by atoms with Gasteiger partial charge >= 0.3 is 0 Å². The Hall–Kier alpha value is -2.53. The van der Waals surface area contributed by atoms with Crippen LogP contribution in [0.2, 0.25) is 5.02 Å². The van der Waals surface area contributed by atoms with Gasteiger partial charge in [-0.15, -0.1) is 0 Å². The topological polar surface area (TPSA) is 67.4 Å². The Morgan fingerprint density at radius 1 is 1.27 bits per heavy atom. The molecule has 0 aliphatic carbocycles. The molecule has 0 bridgehead atoms. The molecule has 2 N–H and O–H groups in total. The number of nitrogens with one attached hydrogen (secondary N) is 2. The minimum Gasteiger partial charge on any atom is -0.468 e. The summed E-state index contributed by atoms with van der Waals surface area (Å²) < 4.78 is 5.48. The van der Waals surface area contributed by atoms with Gasteiger partial charge in [-0.25, -0.2) is 0 Å². The molecular weight excluding hydrogens is 304 g/mol. The third kappa shape index (κ3) is 2.76. The zero-order valence-corrected chi connectivity index (χ0v) is 12.5. The van der Waals surface area contributed by atoms with E-state index < -0.39 is 17.9 Å². The van der Waals surface area contributed by atoms with Gasteiger partial charge in [0.15, 0.2) is 0 Å². The number of amides is 2. The lowest BCUT2D eigenvalue weighted by atomic mass is 10.2. The van der Waals surface area contributed by atoms with E-state index in [9.17, 15) is 9.59 Å². The first-order valence-corrected chi connectivity index (χ1v) is 7.06. The largest absolute Gasteiger partial charge is 0.468 e. The van der Waals surface area contributed by atoms with Crippen LogP contribution in [-0.4, -0.2) is 17.9 Å². The average Bonchev–Trinajstić information content (AvgIpc) is 2.50. The highest BCUT2D eigenvalue weighted by Crippen LogP contribution is 2.29. The van der Waals surface area contributed by atoms with Crippen molar-refractivity contribution in [1.82, 2.24) is 0 Å². The fourth-order valence-electron chi connectivity index (χ4n) is 2.10. The lowest BCUT2D eigenvalue weighted by Gasteiger charge is -2.24. The molecule has 2 aromatic rings. The highest BCUT2D eigenvalue weighted by Gasteiger charge is 2.33. The second-order valence-electron chi connectivity index (χ2n) is 4.94. The number of hydrogen-bond acceptors (Lipinski definition) is 3. The van der Waals surface area contributed by atoms with Gasteiger partial charge in [0, 0.05) is 10.7 Å². The Morgan fingerprint density at radius 3 is 2.82 bits per heavy atom. The fraction of sp³-hybridized carbons (Fsp3) is 0.125. The van der Waals surface area contributed by atoms with E-state index in [0.717, 1.165) is 5.56 Å². The summed E-state index contributed by atoms with van der Waals surface area (Å²) in [6, 6.07) is 12.1. The summed E-state index contributed by atoms with van der Waals surface area (Å²) in [5, 5.41) is 5.82. The monoisotopic (exact) mass is 316 g/mol. The number of halogens is 1. The second kappa shape index (κ2) is 5.69. The van der Waals surface area contributed by atoms with Crippen LogP contribution in [0.4, 0.5) is 11.4 Å². The predicted octanol–water partition coefficient (Wildman–Crippen LogP) is 2.99. The number of rotatable bonds is 2. The van der Waals surface area contributed by atoms with Gasteiger partial charge in [-0.05, 0) is 36.8 Å². The molecule has 1 heterocycles. The van der Waals surface area contributed by atoms with Crippen LogP contribution in [0.25, 0.3) is 0 Å². The Labute approximate surface area is 132 Å². The van der Waals surface area contributed by atoms with E-state index in [0.29, 0.717) is 22.1 Å². The Morgan fingerprint density at radius 2 is 2.05 bits per heavy atom. The van der Waals surface area contributed by atoms with Crippen LogP contribution in [0.1, 0.15) is 5.56 Å². The molecular formula is C16H13ClN2O3. The lowest BCUT2D eigenvalue weighted by molar-refractivity contribution is -0.133. The first-order chi connectivity index (χ1) is 10.5. The van der Waals surface area contributed by atoms with Crippen LogP contribution < -0.4 is 15.4 Å². The SMILES string of the molecule is Cc1ccc(NC(=O)[C@@H]2Oc3ccccc3NC2=O)cc1Cl. The first kappa shape index (κ1) is 14.4. The van der Waals surface area contributed by atoms with Crippen molar-refractivity contribution in [3.8, 4) is 5.75 Å². The first-order valence-electron chi connectivity index (χ1n) is 6.68. The van der Waals surface area contributed by atoms with E-state index in [2.05, 4.69) is 10.6 Å². The predicted molar refractivity (Wildman–Crippen MR) is 84.3 cm³/mol. The molecule has 1 aliphatic rings. The van der Waals surface area contributed by atoms with Crippen LogP contribution >= 0.6 is 11.6 Å². The maximum absolute atomic E-state index is 12.2. The van der Waals surface area contributed by atoms with E-state index in [1.165, 1.54) is 0 Å². The van der Waals surface area contributed by atoms with Gasteiger partial charge in [0.2, 0.25) is 0 Å². The summed E-state index contributed by atoms with van der Waals surface area (Å²) in [5.41, 5.74) is 1.96. The Kier molecular flexibility index (Phi) is 3.73. The quantitative estimate of drug-likeness (QED) is 0.837. The molecule has 1 aliphatic heterocycles. The number of ether oxygens (including phenoxy) is 1. The van der Waals surface area contributed by atoms with Gasteiger partial charge in [0.1, 0.15) is 5.75 Å². The molecule has 0 aromatic heterocycles. The molecule has 22 heavy (non-hydrogen) atoms. The maximum atomic E-state index is 12.2. The highest BCUT2D eigenvalue weighted by atomic mass is 35.5. The van der Waals surface area contributed by atoms with Crippen molar-refractivity contribution in [2.24, 2.45) is 0 Å². The van der Waals surface area contributed by atoms with Crippen molar-refractivity contribution in [2.75, 3.05) is 10.6 Å². The molecule has 1 atom stereocenters. The van der Waals surface area contributed by atoms with Crippen molar-refractivity contribution >= 4 is 34.8 Å². The molecule has 112 valence electrons. The number of hydrogen-bond donors (Lipinski definition) is 2. The number of para-hydroxylation sites is 2. The van der Waals surface area contributed by atoms with E-state index in [1.54, 1.807) is 42.5 Å². The molecule has 0 saturated heterocycles. The van der Waals surface area contributed by atoms with E-state index in [4.69, 9.17) is 16.3 Å². The fourth-order valence-corrected chi connectivity index (χ4v) is 2.28. The van der Waals surface area contributed by atoms with Crippen molar-refractivity contribution in [3.05, 3.63) is 53.1 Å². The van der Waals surface area contributed by atoms with Crippen LogP contribution in [0.5, 0.6) is 5.75 Å². The summed E-state index contributed by atoms with van der Waals surface area (Å²) >= 11 is 6.02. The van der Waals surface area contributed by atoms with Crippen LogP contribution in [-0.2, 0) is 9.59 Å². The maximum Gasteiger partial charge on any atom is 0.275 e. The van der Waals surface area contributed by atoms with Gasteiger partial charge in [-0.1, -0.05) is 29.8 Å². The number of carbonyl (C=O) groups excluding carboxylic acids is 2. The molecule has 0 saturated carbocycles. The molecule has 2 amide bonds. The van der Waals surface area contributed by atoms with Crippen molar-refractivity contribution in [1.29, 1.82) is 0 Å². The number of fused-ring (bicyclic) bond motifs is 1. The number of carbonyl (C=O) groups is 2. The molecule has 5 nitrogen and oxygen atoms in total. The van der Waals surface area contributed by atoms with Crippen molar-refractivity contribution < 1.29 is 14.3 Å². The third-order valence-electron chi connectivity index (χ3n) is 3.31. The van der Waals surface area contributed by atoms with Gasteiger partial charge in [0.05, 0.1) is 5.69 Å². The second-order valence-corrected chi connectivity index (χ2v) is 5.34.